The van der Waals surface area contributed by atoms with Crippen LogP contribution in [0.4, 0.5) is 0 Å². The highest BCUT2D eigenvalue weighted by atomic mass is 16.5. The number of amides is 1. The summed E-state index contributed by atoms with van der Waals surface area (Å²) in [6.45, 7) is 5.58. The number of aliphatic hydroxyl groups is 1. The number of allylic oxidation sites excluding steroid dienone is 1. The number of carboxylic acids is 1. The van der Waals surface area contributed by atoms with Crippen molar-refractivity contribution in [1.82, 2.24) is 0 Å². The van der Waals surface area contributed by atoms with Gasteiger partial charge in [0.25, 0.3) is 0 Å². The number of carbonyl (C=O) groups excluding carboxylic acids is 2. The van der Waals surface area contributed by atoms with Gasteiger partial charge in [0.1, 0.15) is 36.1 Å². The Morgan fingerprint density at radius 1 is 1.46 bits per heavy atom. The lowest BCUT2D eigenvalue weighted by Crippen LogP contribution is -3.14. The third-order valence-corrected chi connectivity index (χ3v) is 5.19. The summed E-state index contributed by atoms with van der Waals surface area (Å²) in [5, 5.41) is 21.8. The van der Waals surface area contributed by atoms with E-state index in [2.05, 4.69) is 0 Å². The number of fused-ring (bicyclic) bond motifs is 3. The highest BCUT2D eigenvalue weighted by Gasteiger charge is 2.39. The van der Waals surface area contributed by atoms with Crippen molar-refractivity contribution in [3.05, 3.63) is 34.5 Å². The number of benzene rings is 1. The van der Waals surface area contributed by atoms with Gasteiger partial charge < -0.3 is 25.5 Å². The van der Waals surface area contributed by atoms with E-state index in [-0.39, 0.29) is 12.5 Å². The van der Waals surface area contributed by atoms with Crippen LogP contribution in [0.5, 0.6) is 5.75 Å². The molecule has 140 valence electrons. The zero-order valence-electron chi connectivity index (χ0n) is 15.2. The van der Waals surface area contributed by atoms with Gasteiger partial charge in [-0.3, -0.25) is 9.69 Å². The molecule has 3 atom stereocenters. The Balaban J connectivity index is 1.97. The van der Waals surface area contributed by atoms with E-state index < -0.39 is 23.5 Å². The number of aliphatic carboxylic acids is 1. The predicted octanol–water partition coefficient (Wildman–Crippen LogP) is -1.49. The number of quaternary nitrogens is 1. The topological polar surface area (TPSA) is 117 Å². The molecule has 0 aliphatic carbocycles. The number of hydrogen-bond donors (Lipinski definition) is 3. The number of nitrogens with two attached hydrogens (primary N) is 1. The van der Waals surface area contributed by atoms with E-state index in [4.69, 9.17) is 10.5 Å². The number of hydrogen-bond acceptors (Lipinski definition) is 5. The molecule has 0 spiro atoms. The number of carbonyl (C=O) groups is 2. The van der Waals surface area contributed by atoms with E-state index in [1.807, 2.05) is 25.1 Å². The highest BCUT2D eigenvalue weighted by molar-refractivity contribution is 5.81. The Bertz CT molecular complexity index is 794. The number of nitrogens with one attached hydrogen (secondary N) is 1. The van der Waals surface area contributed by atoms with Crippen LogP contribution in [0.2, 0.25) is 0 Å². The average Bonchev–Trinajstić information content (AvgIpc) is 2.96. The van der Waals surface area contributed by atoms with Gasteiger partial charge in [0.05, 0.1) is 17.6 Å². The lowest BCUT2D eigenvalue weighted by Gasteiger charge is -2.32. The standard InChI is InChI=1S/C19H24N2O5/c1-10-6-11-4-5-12-7-15(19(2,3)25)26-17(12)13(11)9-21(10)14(18(23)24)8-16(20)22/h4-6,14-15,25H,7-9H2,1-3H3,(H2,20,22)(H,23,24)/t14-,15+/m0/s1. The second kappa shape index (κ2) is 6.41. The number of ether oxygens (including phenoxy) is 1. The highest BCUT2D eigenvalue weighted by Crippen LogP contribution is 2.38. The minimum Gasteiger partial charge on any atom is -0.544 e. The van der Waals surface area contributed by atoms with Gasteiger partial charge in [-0.05, 0) is 25.0 Å². The van der Waals surface area contributed by atoms with Crippen molar-refractivity contribution in [2.24, 2.45) is 5.73 Å². The second-order valence-corrected chi connectivity index (χ2v) is 7.66. The van der Waals surface area contributed by atoms with Crippen LogP contribution in [0, 0.1) is 0 Å². The molecule has 2 aliphatic rings. The summed E-state index contributed by atoms with van der Waals surface area (Å²) in [6, 6.07) is 2.90. The van der Waals surface area contributed by atoms with Crippen LogP contribution in [0.25, 0.3) is 6.08 Å². The summed E-state index contributed by atoms with van der Waals surface area (Å²) < 4.78 is 6.03. The van der Waals surface area contributed by atoms with Gasteiger partial charge in [-0.2, -0.15) is 0 Å². The van der Waals surface area contributed by atoms with Crippen molar-refractivity contribution < 1.29 is 29.4 Å². The first-order valence-electron chi connectivity index (χ1n) is 8.65. The maximum absolute atomic E-state index is 11.6. The van der Waals surface area contributed by atoms with Gasteiger partial charge in [0, 0.05) is 19.4 Å². The van der Waals surface area contributed by atoms with E-state index in [9.17, 15) is 19.8 Å². The van der Waals surface area contributed by atoms with Crippen LogP contribution in [-0.4, -0.2) is 34.7 Å². The van der Waals surface area contributed by atoms with E-state index in [1.165, 1.54) is 0 Å². The molecule has 0 bridgehead atoms. The van der Waals surface area contributed by atoms with Gasteiger partial charge in [-0.15, -0.1) is 0 Å². The number of primary amides is 1. The lowest BCUT2D eigenvalue weighted by atomic mass is 9.93. The van der Waals surface area contributed by atoms with E-state index in [1.54, 1.807) is 13.8 Å². The molecule has 1 aromatic carbocycles. The Morgan fingerprint density at radius 2 is 2.15 bits per heavy atom. The Labute approximate surface area is 152 Å². The molecule has 3 rings (SSSR count). The minimum absolute atomic E-state index is 0.291. The Kier molecular flexibility index (Phi) is 4.54. The molecule has 1 amide bonds. The molecule has 1 aromatic rings. The van der Waals surface area contributed by atoms with Crippen molar-refractivity contribution in [3.8, 4) is 5.75 Å². The smallest absolute Gasteiger partial charge is 0.223 e. The third kappa shape index (κ3) is 3.32. The number of rotatable bonds is 5. The summed E-state index contributed by atoms with van der Waals surface area (Å²) in [4.78, 5) is 23.5. The van der Waals surface area contributed by atoms with Crippen LogP contribution in [-0.2, 0) is 22.6 Å². The Morgan fingerprint density at radius 3 is 2.73 bits per heavy atom. The summed E-state index contributed by atoms with van der Waals surface area (Å²) in [7, 11) is 0. The van der Waals surface area contributed by atoms with Crippen LogP contribution in [0.15, 0.2) is 17.8 Å². The quantitative estimate of drug-likeness (QED) is 0.592. The fourth-order valence-electron chi connectivity index (χ4n) is 3.70. The molecular weight excluding hydrogens is 336 g/mol. The third-order valence-electron chi connectivity index (χ3n) is 5.19. The second-order valence-electron chi connectivity index (χ2n) is 7.66. The van der Waals surface area contributed by atoms with E-state index in [0.29, 0.717) is 23.6 Å². The number of carboxylic acid groups (broad SMARTS) is 1. The molecule has 7 nitrogen and oxygen atoms in total. The van der Waals surface area contributed by atoms with E-state index >= 15 is 0 Å². The maximum atomic E-state index is 11.6. The zero-order valence-corrected chi connectivity index (χ0v) is 15.2. The molecule has 2 heterocycles. The van der Waals surface area contributed by atoms with Gasteiger partial charge >= 0.3 is 0 Å². The van der Waals surface area contributed by atoms with Crippen LogP contribution >= 0.6 is 0 Å². The molecule has 0 saturated carbocycles. The zero-order chi connectivity index (χ0) is 19.2. The first-order chi connectivity index (χ1) is 12.1. The van der Waals surface area contributed by atoms with E-state index in [0.717, 1.165) is 22.4 Å². The largest absolute Gasteiger partial charge is 0.544 e. The van der Waals surface area contributed by atoms with Crippen LogP contribution < -0.4 is 20.5 Å². The van der Waals surface area contributed by atoms with Crippen molar-refractivity contribution >= 4 is 18.0 Å². The molecule has 0 aromatic heterocycles. The molecule has 26 heavy (non-hydrogen) atoms. The lowest BCUT2D eigenvalue weighted by molar-refractivity contribution is -0.894. The summed E-state index contributed by atoms with van der Waals surface area (Å²) in [5.74, 6) is -1.29. The van der Waals surface area contributed by atoms with Crippen molar-refractivity contribution in [1.29, 1.82) is 0 Å². The van der Waals surface area contributed by atoms with Crippen LogP contribution in [0.1, 0.15) is 43.9 Å². The fourth-order valence-corrected chi connectivity index (χ4v) is 3.70. The van der Waals surface area contributed by atoms with Crippen LogP contribution in [0.3, 0.4) is 0 Å². The monoisotopic (exact) mass is 360 g/mol. The summed E-state index contributed by atoms with van der Waals surface area (Å²) in [6.07, 6.45) is 1.84. The van der Waals surface area contributed by atoms with Gasteiger partial charge in [0.15, 0.2) is 0 Å². The molecular formula is C19H24N2O5. The molecule has 4 N–H and O–H groups in total. The van der Waals surface area contributed by atoms with Gasteiger partial charge in [-0.1, -0.05) is 12.1 Å². The van der Waals surface area contributed by atoms with Crippen molar-refractivity contribution in [3.63, 3.8) is 0 Å². The molecule has 0 saturated heterocycles. The predicted molar refractivity (Wildman–Crippen MR) is 91.8 cm³/mol. The fraction of sp³-hybridized carbons (Fsp3) is 0.474. The molecule has 0 radical (unpaired) electrons. The van der Waals surface area contributed by atoms with Crippen molar-refractivity contribution in [2.45, 2.75) is 57.9 Å². The first kappa shape index (κ1) is 18.4. The maximum Gasteiger partial charge on any atom is 0.223 e. The van der Waals surface area contributed by atoms with Crippen molar-refractivity contribution in [2.75, 3.05) is 0 Å². The van der Waals surface area contributed by atoms with Gasteiger partial charge in [0.2, 0.25) is 5.91 Å². The average molecular weight is 360 g/mol. The van der Waals surface area contributed by atoms with Gasteiger partial charge in [-0.25, -0.2) is 0 Å². The molecule has 7 heteroatoms. The minimum atomic E-state index is -1.31. The first-order valence-corrected chi connectivity index (χ1v) is 8.65. The summed E-state index contributed by atoms with van der Waals surface area (Å²) in [5.41, 5.74) is 7.85. The normalized spacial score (nSPS) is 22.7. The Hall–Kier alpha value is -2.38. The summed E-state index contributed by atoms with van der Waals surface area (Å²) >= 11 is 0. The molecule has 0 fully saturated rings. The SMILES string of the molecule is CC1=Cc2ccc3c(c2C[NH+]1[C@@H](CC(N)=O)C(=O)[O-])O[C@@H](C(C)(C)O)C3. The molecule has 2 aliphatic heterocycles. The molecule has 1 unspecified atom stereocenters.